The van der Waals surface area contributed by atoms with E-state index in [9.17, 15) is 14.4 Å². The van der Waals surface area contributed by atoms with Crippen molar-refractivity contribution in [1.82, 2.24) is 10.6 Å². The summed E-state index contributed by atoms with van der Waals surface area (Å²) in [5, 5.41) is 13.9. The third-order valence-corrected chi connectivity index (χ3v) is 2.81. The van der Waals surface area contributed by atoms with E-state index < -0.39 is 42.2 Å². The molecule has 0 aliphatic carbocycles. The molecule has 3 N–H and O–H groups in total. The molecule has 1 unspecified atom stereocenters. The summed E-state index contributed by atoms with van der Waals surface area (Å²) in [5.41, 5.74) is -0.618. The van der Waals surface area contributed by atoms with E-state index in [0.29, 0.717) is 12.7 Å². The standard InChI is InChI=1S/C14H26N2O5/c1-6-11(12(19)16-10(7-17)8-18)9(2)15-13(20)21-14(3,4)5/h7,9-11,18H,6,8H2,1-5H3,(H,15,20)(H,16,19)/t9-,10?,11-/m1/s1. The van der Waals surface area contributed by atoms with E-state index in [0.717, 1.165) is 0 Å². The first-order chi connectivity index (χ1) is 9.64. The van der Waals surface area contributed by atoms with Gasteiger partial charge in [0, 0.05) is 6.04 Å². The highest BCUT2D eigenvalue weighted by Gasteiger charge is 2.27. The second-order valence-electron chi connectivity index (χ2n) is 5.88. The Bertz CT molecular complexity index is 365. The second-order valence-corrected chi connectivity index (χ2v) is 5.88. The van der Waals surface area contributed by atoms with Gasteiger partial charge in [0.15, 0.2) is 0 Å². The van der Waals surface area contributed by atoms with Crippen LogP contribution in [0.4, 0.5) is 4.79 Å². The van der Waals surface area contributed by atoms with Gasteiger partial charge in [-0.1, -0.05) is 6.92 Å². The number of aldehydes is 1. The molecule has 7 nitrogen and oxygen atoms in total. The van der Waals surface area contributed by atoms with Crippen LogP contribution in [-0.4, -0.2) is 47.7 Å². The van der Waals surface area contributed by atoms with Crippen LogP contribution >= 0.6 is 0 Å². The second kappa shape index (κ2) is 8.61. The van der Waals surface area contributed by atoms with E-state index in [-0.39, 0.29) is 0 Å². The number of aliphatic hydroxyl groups excluding tert-OH is 1. The first-order valence-electron chi connectivity index (χ1n) is 7.00. The number of hydrogen-bond acceptors (Lipinski definition) is 5. The monoisotopic (exact) mass is 302 g/mol. The summed E-state index contributed by atoms with van der Waals surface area (Å²) in [4.78, 5) is 34.3. The van der Waals surface area contributed by atoms with Gasteiger partial charge in [-0.05, 0) is 34.1 Å². The van der Waals surface area contributed by atoms with Gasteiger partial charge < -0.3 is 25.3 Å². The van der Waals surface area contributed by atoms with Crippen molar-refractivity contribution in [3.63, 3.8) is 0 Å². The summed E-state index contributed by atoms with van der Waals surface area (Å²) < 4.78 is 5.13. The van der Waals surface area contributed by atoms with E-state index in [2.05, 4.69) is 10.6 Å². The molecule has 0 bridgehead atoms. The molecule has 0 saturated carbocycles. The molecule has 0 heterocycles. The Kier molecular flexibility index (Phi) is 7.94. The minimum absolute atomic E-state index is 0.396. The molecule has 2 amide bonds. The number of nitrogens with one attached hydrogen (secondary N) is 2. The number of amides is 2. The molecule has 0 fully saturated rings. The Balaban J connectivity index is 4.60. The number of aliphatic hydroxyl groups is 1. The van der Waals surface area contributed by atoms with Crippen molar-refractivity contribution >= 4 is 18.3 Å². The van der Waals surface area contributed by atoms with Gasteiger partial charge >= 0.3 is 6.09 Å². The first-order valence-corrected chi connectivity index (χ1v) is 7.00. The van der Waals surface area contributed by atoms with Gasteiger partial charge in [0.05, 0.1) is 12.5 Å². The number of ether oxygens (including phenoxy) is 1. The zero-order valence-electron chi connectivity index (χ0n) is 13.3. The molecule has 0 aliphatic rings. The van der Waals surface area contributed by atoms with Crippen molar-refractivity contribution in [2.75, 3.05) is 6.61 Å². The van der Waals surface area contributed by atoms with Gasteiger partial charge in [-0.25, -0.2) is 4.79 Å². The van der Waals surface area contributed by atoms with Gasteiger partial charge in [0.2, 0.25) is 5.91 Å². The van der Waals surface area contributed by atoms with E-state index in [1.807, 2.05) is 0 Å². The van der Waals surface area contributed by atoms with Crippen LogP contribution in [0.25, 0.3) is 0 Å². The van der Waals surface area contributed by atoms with Crippen molar-refractivity contribution in [3.05, 3.63) is 0 Å². The normalized spacial score (nSPS) is 15.5. The van der Waals surface area contributed by atoms with Crippen LogP contribution in [0.2, 0.25) is 0 Å². The summed E-state index contributed by atoms with van der Waals surface area (Å²) in [6, 6.07) is -1.39. The molecule has 0 aromatic heterocycles. The van der Waals surface area contributed by atoms with Crippen LogP contribution in [-0.2, 0) is 14.3 Å². The molecule has 0 radical (unpaired) electrons. The molecule has 122 valence electrons. The summed E-state index contributed by atoms with van der Waals surface area (Å²) >= 11 is 0. The summed E-state index contributed by atoms with van der Waals surface area (Å²) in [5.74, 6) is -0.918. The molecule has 7 heteroatoms. The predicted octanol–water partition coefficient (Wildman–Crippen LogP) is 0.602. The van der Waals surface area contributed by atoms with Crippen LogP contribution in [0.1, 0.15) is 41.0 Å². The number of carbonyl (C=O) groups is 3. The Morgan fingerprint density at radius 1 is 1.29 bits per heavy atom. The summed E-state index contributed by atoms with van der Waals surface area (Å²) in [6.07, 6.45) is 0.339. The van der Waals surface area contributed by atoms with E-state index in [1.165, 1.54) is 0 Å². The van der Waals surface area contributed by atoms with Crippen LogP contribution in [0.3, 0.4) is 0 Å². The largest absolute Gasteiger partial charge is 0.444 e. The van der Waals surface area contributed by atoms with E-state index in [1.54, 1.807) is 34.6 Å². The highest BCUT2D eigenvalue weighted by molar-refractivity contribution is 5.83. The minimum atomic E-state index is -0.930. The lowest BCUT2D eigenvalue weighted by Crippen LogP contribution is -2.49. The smallest absolute Gasteiger partial charge is 0.407 e. The van der Waals surface area contributed by atoms with Crippen molar-refractivity contribution in [2.24, 2.45) is 5.92 Å². The molecular formula is C14H26N2O5. The number of alkyl carbamates (subject to hydrolysis) is 1. The van der Waals surface area contributed by atoms with E-state index in [4.69, 9.17) is 9.84 Å². The van der Waals surface area contributed by atoms with Crippen LogP contribution in [0.15, 0.2) is 0 Å². The number of hydrogen-bond donors (Lipinski definition) is 3. The molecule has 21 heavy (non-hydrogen) atoms. The maximum atomic E-state index is 12.0. The lowest BCUT2D eigenvalue weighted by molar-refractivity contribution is -0.128. The van der Waals surface area contributed by atoms with Crippen molar-refractivity contribution < 1.29 is 24.2 Å². The van der Waals surface area contributed by atoms with Crippen molar-refractivity contribution in [3.8, 4) is 0 Å². The molecule has 3 atom stereocenters. The third kappa shape index (κ3) is 7.65. The third-order valence-electron chi connectivity index (χ3n) is 2.81. The topological polar surface area (TPSA) is 105 Å². The Morgan fingerprint density at radius 2 is 1.86 bits per heavy atom. The SMILES string of the molecule is CC[C@@H](C(=O)NC(C=O)CO)[C@@H](C)NC(=O)OC(C)(C)C. The maximum Gasteiger partial charge on any atom is 0.407 e. The first kappa shape index (κ1) is 19.4. The average Bonchev–Trinajstić information content (AvgIpc) is 2.34. The fourth-order valence-corrected chi connectivity index (χ4v) is 1.77. The highest BCUT2D eigenvalue weighted by Crippen LogP contribution is 2.12. The summed E-state index contributed by atoms with van der Waals surface area (Å²) in [7, 11) is 0. The molecular weight excluding hydrogens is 276 g/mol. The zero-order valence-corrected chi connectivity index (χ0v) is 13.3. The lowest BCUT2D eigenvalue weighted by Gasteiger charge is -2.26. The Morgan fingerprint density at radius 3 is 2.24 bits per heavy atom. The van der Waals surface area contributed by atoms with Gasteiger partial charge in [-0.15, -0.1) is 0 Å². The van der Waals surface area contributed by atoms with Crippen LogP contribution < -0.4 is 10.6 Å². The Hall–Kier alpha value is -1.63. The highest BCUT2D eigenvalue weighted by atomic mass is 16.6. The van der Waals surface area contributed by atoms with Gasteiger partial charge in [0.25, 0.3) is 0 Å². The number of carbonyl (C=O) groups excluding carboxylic acids is 3. The molecule has 0 aliphatic heterocycles. The minimum Gasteiger partial charge on any atom is -0.444 e. The number of rotatable bonds is 7. The Labute approximate surface area is 125 Å². The van der Waals surface area contributed by atoms with Gasteiger partial charge in [0.1, 0.15) is 17.9 Å². The van der Waals surface area contributed by atoms with Crippen molar-refractivity contribution in [2.45, 2.75) is 58.7 Å². The predicted molar refractivity (Wildman–Crippen MR) is 77.7 cm³/mol. The van der Waals surface area contributed by atoms with E-state index >= 15 is 0 Å². The van der Waals surface area contributed by atoms with Gasteiger partial charge in [-0.2, -0.15) is 0 Å². The van der Waals surface area contributed by atoms with Crippen molar-refractivity contribution in [1.29, 1.82) is 0 Å². The zero-order chi connectivity index (χ0) is 16.6. The van der Waals surface area contributed by atoms with Crippen LogP contribution in [0, 0.1) is 5.92 Å². The van der Waals surface area contributed by atoms with Crippen LogP contribution in [0.5, 0.6) is 0 Å². The summed E-state index contributed by atoms with van der Waals surface area (Å²) in [6.45, 7) is 8.27. The lowest BCUT2D eigenvalue weighted by atomic mass is 9.97. The van der Waals surface area contributed by atoms with Gasteiger partial charge in [-0.3, -0.25) is 4.79 Å². The fraction of sp³-hybridized carbons (Fsp3) is 0.786. The molecule has 0 aromatic rings. The molecule has 0 saturated heterocycles. The fourth-order valence-electron chi connectivity index (χ4n) is 1.77. The average molecular weight is 302 g/mol. The maximum absolute atomic E-state index is 12.0. The molecule has 0 rings (SSSR count). The quantitative estimate of drug-likeness (QED) is 0.597. The molecule has 0 aromatic carbocycles. The molecule has 0 spiro atoms.